The minimum absolute atomic E-state index is 0.0159. The van der Waals surface area contributed by atoms with Crippen LogP contribution in [0.15, 0.2) is 47.5 Å². The molecule has 0 unspecified atom stereocenters. The molecule has 128 valence electrons. The van der Waals surface area contributed by atoms with Crippen LogP contribution in [0.1, 0.15) is 19.4 Å². The van der Waals surface area contributed by atoms with Crippen LogP contribution in [0.4, 0.5) is 4.79 Å². The van der Waals surface area contributed by atoms with E-state index in [1.54, 1.807) is 0 Å². The van der Waals surface area contributed by atoms with Gasteiger partial charge in [-0.05, 0) is 16.3 Å². The van der Waals surface area contributed by atoms with Crippen LogP contribution in [0.2, 0.25) is 0 Å². The number of rotatable bonds is 5. The third-order valence-corrected chi connectivity index (χ3v) is 3.70. The Hall–Kier alpha value is -2.60. The average molecular weight is 328 g/mol. The van der Waals surface area contributed by atoms with E-state index < -0.39 is 6.03 Å². The second kappa shape index (κ2) is 7.79. The number of hydrogen-bond acceptors (Lipinski definition) is 3. The molecular formula is C18H24N4O2. The lowest BCUT2D eigenvalue weighted by atomic mass is 9.95. The number of benzene rings is 2. The molecule has 6 heteroatoms. The fourth-order valence-electron chi connectivity index (χ4n) is 2.18. The molecule has 0 aliphatic carbocycles. The maximum atomic E-state index is 11.8. The highest BCUT2D eigenvalue weighted by Gasteiger charge is 2.17. The van der Waals surface area contributed by atoms with Crippen LogP contribution < -0.4 is 16.4 Å². The predicted molar refractivity (Wildman–Crippen MR) is 96.7 cm³/mol. The smallest absolute Gasteiger partial charge is 0.321 e. The summed E-state index contributed by atoms with van der Waals surface area (Å²) < 4.78 is 0. The Labute approximate surface area is 141 Å². The molecule has 0 saturated heterocycles. The number of aliphatic imine (C=N–C) groups is 1. The van der Waals surface area contributed by atoms with Gasteiger partial charge in [-0.1, -0.05) is 56.3 Å². The molecule has 0 bridgehead atoms. The standard InChI is InChI=1S/C18H24N4O2/c1-18(2,12-23)11-21-17(24)22-16(19)20-10-14-8-5-7-13-6-3-4-9-15(13)14/h3-9,23H,10-12H2,1-2H3,(H4,19,20,21,22,24). The molecule has 0 spiro atoms. The summed E-state index contributed by atoms with van der Waals surface area (Å²) in [4.78, 5) is 16.0. The van der Waals surface area contributed by atoms with Crippen molar-refractivity contribution in [2.75, 3.05) is 13.2 Å². The summed E-state index contributed by atoms with van der Waals surface area (Å²) in [6, 6.07) is 13.6. The Morgan fingerprint density at radius 1 is 1.21 bits per heavy atom. The van der Waals surface area contributed by atoms with E-state index in [4.69, 9.17) is 10.8 Å². The lowest BCUT2D eigenvalue weighted by Crippen LogP contribution is -2.46. The summed E-state index contributed by atoms with van der Waals surface area (Å²) in [7, 11) is 0. The fraction of sp³-hybridized carbons (Fsp3) is 0.333. The van der Waals surface area contributed by atoms with Crippen molar-refractivity contribution in [3.63, 3.8) is 0 Å². The number of nitrogens with two attached hydrogens (primary N) is 1. The van der Waals surface area contributed by atoms with E-state index in [0.29, 0.717) is 13.1 Å². The average Bonchev–Trinajstić information content (AvgIpc) is 2.58. The number of guanidine groups is 1. The highest BCUT2D eigenvalue weighted by molar-refractivity contribution is 5.95. The number of nitrogens with one attached hydrogen (secondary N) is 2. The number of nitrogens with zero attached hydrogens (tertiary/aromatic N) is 1. The predicted octanol–water partition coefficient (Wildman–Crippen LogP) is 1.97. The maximum absolute atomic E-state index is 11.8. The fourth-order valence-corrected chi connectivity index (χ4v) is 2.18. The van der Waals surface area contributed by atoms with Gasteiger partial charge in [0.05, 0.1) is 6.54 Å². The summed E-state index contributed by atoms with van der Waals surface area (Å²) in [6.45, 7) is 4.41. The van der Waals surface area contributed by atoms with Gasteiger partial charge in [-0.15, -0.1) is 0 Å². The highest BCUT2D eigenvalue weighted by Crippen LogP contribution is 2.19. The number of aliphatic hydroxyl groups is 1. The maximum Gasteiger partial charge on any atom is 0.321 e. The van der Waals surface area contributed by atoms with Gasteiger partial charge in [-0.2, -0.15) is 0 Å². The summed E-state index contributed by atoms with van der Waals surface area (Å²) in [5.74, 6) is 0.0576. The van der Waals surface area contributed by atoms with Crippen LogP contribution >= 0.6 is 0 Å². The topological polar surface area (TPSA) is 99.7 Å². The second-order valence-electron chi connectivity index (χ2n) is 6.47. The zero-order valence-corrected chi connectivity index (χ0v) is 14.0. The van der Waals surface area contributed by atoms with Gasteiger partial charge in [0.25, 0.3) is 0 Å². The van der Waals surface area contributed by atoms with Gasteiger partial charge in [0.15, 0.2) is 5.96 Å². The third-order valence-electron chi connectivity index (χ3n) is 3.70. The first-order valence-corrected chi connectivity index (χ1v) is 7.83. The summed E-state index contributed by atoms with van der Waals surface area (Å²) in [6.07, 6.45) is 0. The molecule has 0 fully saturated rings. The molecular weight excluding hydrogens is 304 g/mol. The number of carbonyl (C=O) groups is 1. The molecule has 2 aromatic carbocycles. The van der Waals surface area contributed by atoms with E-state index >= 15 is 0 Å². The van der Waals surface area contributed by atoms with E-state index in [-0.39, 0.29) is 18.0 Å². The molecule has 2 aromatic rings. The van der Waals surface area contributed by atoms with Crippen LogP contribution in [0, 0.1) is 5.41 Å². The molecule has 5 N–H and O–H groups in total. The van der Waals surface area contributed by atoms with Crippen LogP contribution in [0.3, 0.4) is 0 Å². The van der Waals surface area contributed by atoms with Crippen LogP contribution in [0.5, 0.6) is 0 Å². The number of amides is 2. The third kappa shape index (κ3) is 4.96. The van der Waals surface area contributed by atoms with E-state index in [1.807, 2.05) is 56.3 Å². The zero-order valence-electron chi connectivity index (χ0n) is 14.0. The molecule has 0 aromatic heterocycles. The minimum atomic E-state index is -0.435. The summed E-state index contributed by atoms with van der Waals surface area (Å²) in [5, 5.41) is 16.6. The Morgan fingerprint density at radius 2 is 1.92 bits per heavy atom. The number of hydrogen-bond donors (Lipinski definition) is 4. The first-order valence-electron chi connectivity index (χ1n) is 7.83. The van der Waals surface area contributed by atoms with Gasteiger partial charge in [0.2, 0.25) is 0 Å². The molecule has 0 radical (unpaired) electrons. The summed E-state index contributed by atoms with van der Waals surface area (Å²) >= 11 is 0. The molecule has 0 aliphatic rings. The van der Waals surface area contributed by atoms with Gasteiger partial charge in [0.1, 0.15) is 0 Å². The van der Waals surface area contributed by atoms with Crippen molar-refractivity contribution in [1.82, 2.24) is 10.6 Å². The van der Waals surface area contributed by atoms with Crippen molar-refractivity contribution in [2.45, 2.75) is 20.4 Å². The lowest BCUT2D eigenvalue weighted by molar-refractivity contribution is 0.157. The quantitative estimate of drug-likeness (QED) is 0.499. The van der Waals surface area contributed by atoms with Crippen LogP contribution in [0.25, 0.3) is 10.8 Å². The Balaban J connectivity index is 1.95. The first-order chi connectivity index (χ1) is 11.4. The number of aliphatic hydroxyl groups excluding tert-OH is 1. The molecule has 6 nitrogen and oxygen atoms in total. The molecule has 0 saturated carbocycles. The van der Waals surface area contributed by atoms with E-state index in [0.717, 1.165) is 16.3 Å². The molecule has 0 atom stereocenters. The van der Waals surface area contributed by atoms with Crippen molar-refractivity contribution in [3.8, 4) is 0 Å². The van der Waals surface area contributed by atoms with Gasteiger partial charge < -0.3 is 16.2 Å². The Morgan fingerprint density at radius 3 is 2.67 bits per heavy atom. The first kappa shape index (κ1) is 17.7. The van der Waals surface area contributed by atoms with Crippen LogP contribution in [-0.2, 0) is 6.54 Å². The number of urea groups is 1. The monoisotopic (exact) mass is 328 g/mol. The molecule has 0 heterocycles. The molecule has 2 rings (SSSR count). The van der Waals surface area contributed by atoms with E-state index in [2.05, 4.69) is 15.6 Å². The van der Waals surface area contributed by atoms with E-state index in [9.17, 15) is 4.79 Å². The lowest BCUT2D eigenvalue weighted by Gasteiger charge is -2.21. The van der Waals surface area contributed by atoms with Crippen molar-refractivity contribution < 1.29 is 9.90 Å². The van der Waals surface area contributed by atoms with Gasteiger partial charge in [-0.3, -0.25) is 5.32 Å². The minimum Gasteiger partial charge on any atom is -0.396 e. The Bertz CT molecular complexity index is 735. The van der Waals surface area contributed by atoms with Gasteiger partial charge >= 0.3 is 6.03 Å². The second-order valence-corrected chi connectivity index (χ2v) is 6.47. The highest BCUT2D eigenvalue weighted by atomic mass is 16.3. The van der Waals surface area contributed by atoms with Crippen LogP contribution in [-0.4, -0.2) is 30.2 Å². The molecule has 0 aliphatic heterocycles. The Kier molecular flexibility index (Phi) is 5.76. The largest absolute Gasteiger partial charge is 0.396 e. The van der Waals surface area contributed by atoms with Crippen molar-refractivity contribution in [2.24, 2.45) is 16.1 Å². The molecule has 2 amide bonds. The van der Waals surface area contributed by atoms with Gasteiger partial charge in [0, 0.05) is 18.6 Å². The normalized spacial score (nSPS) is 12.2. The van der Waals surface area contributed by atoms with Crippen molar-refractivity contribution in [1.29, 1.82) is 0 Å². The number of carbonyl (C=O) groups excluding carboxylic acids is 1. The molecule has 24 heavy (non-hydrogen) atoms. The van der Waals surface area contributed by atoms with Gasteiger partial charge in [-0.25, -0.2) is 9.79 Å². The van der Waals surface area contributed by atoms with Crippen molar-refractivity contribution >= 4 is 22.8 Å². The SMILES string of the molecule is CC(C)(CO)CNC(=O)NC(N)=NCc1cccc2ccccc12. The van der Waals surface area contributed by atoms with E-state index in [1.165, 1.54) is 0 Å². The van der Waals surface area contributed by atoms with Crippen molar-refractivity contribution in [3.05, 3.63) is 48.0 Å². The zero-order chi connectivity index (χ0) is 17.6. The summed E-state index contributed by atoms with van der Waals surface area (Å²) in [5.41, 5.74) is 6.43. The number of fused-ring (bicyclic) bond motifs is 1.